The van der Waals surface area contributed by atoms with E-state index >= 15 is 0 Å². The van der Waals surface area contributed by atoms with Crippen molar-refractivity contribution in [1.82, 2.24) is 4.72 Å². The second kappa shape index (κ2) is 6.53. The van der Waals surface area contributed by atoms with E-state index in [2.05, 4.69) is 20.7 Å². The summed E-state index contributed by atoms with van der Waals surface area (Å²) >= 11 is 3.24. The van der Waals surface area contributed by atoms with Crippen molar-refractivity contribution in [3.05, 3.63) is 28.2 Å². The van der Waals surface area contributed by atoms with Gasteiger partial charge in [0.25, 0.3) is 0 Å². The number of ether oxygens (including phenoxy) is 1. The lowest BCUT2D eigenvalue weighted by atomic mass is 10.2. The lowest BCUT2D eigenvalue weighted by molar-refractivity contribution is 0.0916. The summed E-state index contributed by atoms with van der Waals surface area (Å²) in [7, 11) is -2.04. The summed E-state index contributed by atoms with van der Waals surface area (Å²) in [6.45, 7) is -0.195. The Kier molecular flexibility index (Phi) is 5.19. The second-order valence-electron chi connectivity index (χ2n) is 4.86. The van der Waals surface area contributed by atoms with Crippen LogP contribution in [0.5, 0.6) is 0 Å². The Hall–Kier alpha value is -0.470. The zero-order chi connectivity index (χ0) is 14.8. The quantitative estimate of drug-likeness (QED) is 0.835. The smallest absolute Gasteiger partial charge is 0.242 e. The van der Waals surface area contributed by atoms with Gasteiger partial charge in [0.1, 0.15) is 0 Å². The highest BCUT2D eigenvalue weighted by atomic mass is 79.9. The molecule has 1 aliphatic rings. The molecule has 112 valence electrons. The third-order valence-corrected chi connectivity index (χ3v) is 6.01. The highest BCUT2D eigenvalue weighted by molar-refractivity contribution is 9.10. The molecule has 0 amide bonds. The molecule has 5 nitrogen and oxygen atoms in total. The molecule has 1 saturated carbocycles. The van der Waals surface area contributed by atoms with Crippen LogP contribution in [0.15, 0.2) is 27.6 Å². The van der Waals surface area contributed by atoms with E-state index in [9.17, 15) is 8.42 Å². The Balaban J connectivity index is 2.26. The zero-order valence-electron chi connectivity index (χ0n) is 11.2. The normalized spacial score (nSPS) is 23.1. The fourth-order valence-electron chi connectivity index (χ4n) is 2.46. The number of methoxy groups -OCH3 is 1. The van der Waals surface area contributed by atoms with Gasteiger partial charge in [-0.15, -0.1) is 0 Å². The van der Waals surface area contributed by atoms with E-state index in [0.717, 1.165) is 19.3 Å². The minimum atomic E-state index is -3.64. The van der Waals surface area contributed by atoms with Gasteiger partial charge in [0.2, 0.25) is 10.0 Å². The van der Waals surface area contributed by atoms with Gasteiger partial charge in [-0.1, -0.05) is 6.07 Å². The van der Waals surface area contributed by atoms with Crippen LogP contribution in [0.3, 0.4) is 0 Å². The monoisotopic (exact) mass is 363 g/mol. The average molecular weight is 364 g/mol. The molecule has 0 heterocycles. The van der Waals surface area contributed by atoms with E-state index in [1.807, 2.05) is 0 Å². The summed E-state index contributed by atoms with van der Waals surface area (Å²) in [4.78, 5) is 0.144. The molecule has 0 radical (unpaired) electrons. The first-order valence-corrected chi connectivity index (χ1v) is 8.70. The van der Waals surface area contributed by atoms with E-state index in [0.29, 0.717) is 10.0 Å². The van der Waals surface area contributed by atoms with Crippen molar-refractivity contribution in [1.29, 1.82) is 0 Å². The SMILES string of the molecule is COC1CCCC1NS(=O)(=O)c1cc(CO)ccc1Br. The fraction of sp³-hybridized carbons (Fsp3) is 0.538. The number of rotatable bonds is 5. The lowest BCUT2D eigenvalue weighted by Gasteiger charge is -2.20. The van der Waals surface area contributed by atoms with Crippen molar-refractivity contribution in [3.63, 3.8) is 0 Å². The van der Waals surface area contributed by atoms with E-state index in [1.165, 1.54) is 6.07 Å². The third kappa shape index (κ3) is 3.40. The van der Waals surface area contributed by atoms with Crippen molar-refractivity contribution < 1.29 is 18.3 Å². The molecular formula is C13H18BrNO4S. The van der Waals surface area contributed by atoms with Gasteiger partial charge in [0.05, 0.1) is 17.6 Å². The molecule has 1 fully saturated rings. The Morgan fingerprint density at radius 3 is 2.85 bits per heavy atom. The molecule has 1 aromatic carbocycles. The van der Waals surface area contributed by atoms with Crippen LogP contribution in [0.4, 0.5) is 0 Å². The summed E-state index contributed by atoms with van der Waals surface area (Å²) in [5.41, 5.74) is 0.559. The van der Waals surface area contributed by atoms with Gasteiger partial charge in [-0.25, -0.2) is 13.1 Å². The third-order valence-electron chi connectivity index (χ3n) is 3.53. The number of aliphatic hydroxyl groups is 1. The van der Waals surface area contributed by atoms with Gasteiger partial charge >= 0.3 is 0 Å². The molecule has 0 spiro atoms. The van der Waals surface area contributed by atoms with Crippen LogP contribution >= 0.6 is 15.9 Å². The average Bonchev–Trinajstić information content (AvgIpc) is 2.85. The van der Waals surface area contributed by atoms with Crippen molar-refractivity contribution in [2.24, 2.45) is 0 Å². The molecule has 1 aromatic rings. The molecule has 0 bridgehead atoms. The lowest BCUT2D eigenvalue weighted by Crippen LogP contribution is -2.40. The van der Waals surface area contributed by atoms with Gasteiger partial charge < -0.3 is 9.84 Å². The van der Waals surface area contributed by atoms with Gasteiger partial charge in [0, 0.05) is 17.6 Å². The highest BCUT2D eigenvalue weighted by Crippen LogP contribution is 2.27. The van der Waals surface area contributed by atoms with Crippen LogP contribution in [0.25, 0.3) is 0 Å². The summed E-state index contributed by atoms with van der Waals surface area (Å²) in [5.74, 6) is 0. The van der Waals surface area contributed by atoms with Crippen LogP contribution in [0, 0.1) is 0 Å². The standard InChI is InChI=1S/C13H18BrNO4S/c1-19-12-4-2-3-11(12)15-20(17,18)13-7-9(8-16)5-6-10(13)14/h5-7,11-12,15-16H,2-4,8H2,1H3. The fourth-order valence-corrected chi connectivity index (χ4v) is 4.77. The van der Waals surface area contributed by atoms with Crippen LogP contribution in [-0.2, 0) is 21.4 Å². The summed E-state index contributed by atoms with van der Waals surface area (Å²) < 4.78 is 33.4. The van der Waals surface area contributed by atoms with Gasteiger partial charge in [-0.3, -0.25) is 0 Å². The summed E-state index contributed by atoms with van der Waals surface area (Å²) in [6, 6.07) is 4.58. The van der Waals surface area contributed by atoms with Crippen molar-refractivity contribution in [3.8, 4) is 0 Å². The molecule has 2 rings (SSSR count). The van der Waals surface area contributed by atoms with Gasteiger partial charge in [-0.2, -0.15) is 0 Å². The maximum absolute atomic E-state index is 12.5. The second-order valence-corrected chi connectivity index (χ2v) is 7.39. The van der Waals surface area contributed by atoms with Crippen LogP contribution in [0.2, 0.25) is 0 Å². The molecule has 20 heavy (non-hydrogen) atoms. The number of sulfonamides is 1. The molecule has 0 saturated heterocycles. The zero-order valence-corrected chi connectivity index (χ0v) is 13.6. The predicted octanol–water partition coefficient (Wildman–Crippen LogP) is 1.79. The Morgan fingerprint density at radius 1 is 1.45 bits per heavy atom. The summed E-state index contributed by atoms with van der Waals surface area (Å²) in [6.07, 6.45) is 2.50. The first kappa shape index (κ1) is 15.9. The van der Waals surface area contributed by atoms with Gasteiger partial charge in [-0.05, 0) is 52.9 Å². The maximum atomic E-state index is 12.5. The van der Waals surface area contributed by atoms with E-state index in [-0.39, 0.29) is 23.6 Å². The largest absolute Gasteiger partial charge is 0.392 e. The van der Waals surface area contributed by atoms with E-state index in [1.54, 1.807) is 19.2 Å². The van der Waals surface area contributed by atoms with Gasteiger partial charge in [0.15, 0.2) is 0 Å². The minimum absolute atomic E-state index is 0.0791. The van der Waals surface area contributed by atoms with Crippen LogP contribution in [-0.4, -0.2) is 32.8 Å². The van der Waals surface area contributed by atoms with Crippen molar-refractivity contribution in [2.75, 3.05) is 7.11 Å². The molecule has 0 aromatic heterocycles. The molecule has 2 unspecified atom stereocenters. The predicted molar refractivity (Wildman–Crippen MR) is 78.8 cm³/mol. The Morgan fingerprint density at radius 2 is 2.20 bits per heavy atom. The minimum Gasteiger partial charge on any atom is -0.392 e. The highest BCUT2D eigenvalue weighted by Gasteiger charge is 2.32. The van der Waals surface area contributed by atoms with Crippen molar-refractivity contribution >= 4 is 26.0 Å². The first-order chi connectivity index (χ1) is 9.47. The molecule has 7 heteroatoms. The summed E-state index contributed by atoms with van der Waals surface area (Å²) in [5, 5.41) is 9.13. The van der Waals surface area contributed by atoms with E-state index < -0.39 is 10.0 Å². The van der Waals surface area contributed by atoms with Crippen LogP contribution < -0.4 is 4.72 Å². The Labute approximate surface area is 127 Å². The number of hydrogen-bond acceptors (Lipinski definition) is 4. The van der Waals surface area contributed by atoms with E-state index in [4.69, 9.17) is 9.84 Å². The molecule has 2 atom stereocenters. The molecule has 2 N–H and O–H groups in total. The number of nitrogens with one attached hydrogen (secondary N) is 1. The Bertz CT molecular complexity index is 576. The topological polar surface area (TPSA) is 75.6 Å². The number of benzene rings is 1. The number of aliphatic hydroxyl groups excluding tert-OH is 1. The van der Waals surface area contributed by atoms with Crippen LogP contribution in [0.1, 0.15) is 24.8 Å². The molecule has 0 aliphatic heterocycles. The number of hydrogen-bond donors (Lipinski definition) is 2. The molecule has 1 aliphatic carbocycles. The van der Waals surface area contributed by atoms with Crippen molar-refractivity contribution in [2.45, 2.75) is 42.9 Å². The number of halogens is 1. The first-order valence-electron chi connectivity index (χ1n) is 6.42. The molecular weight excluding hydrogens is 346 g/mol. The maximum Gasteiger partial charge on any atom is 0.242 e.